The van der Waals surface area contributed by atoms with Crippen molar-refractivity contribution in [3.05, 3.63) is 76.9 Å². The zero-order valence-corrected chi connectivity index (χ0v) is 12.5. The zero-order valence-electron chi connectivity index (χ0n) is 11.7. The molecule has 0 saturated heterocycles. The molecule has 0 radical (unpaired) electrons. The number of hydrogen-bond donors (Lipinski definition) is 0. The van der Waals surface area contributed by atoms with E-state index in [0.717, 1.165) is 16.0 Å². The number of carbonyl (C=O) groups is 1. The first-order valence-corrected chi connectivity index (χ1v) is 7.62. The first kappa shape index (κ1) is 14.2. The summed E-state index contributed by atoms with van der Waals surface area (Å²) >= 11 is 1.41. The SMILES string of the molecule is N#CCc1cc(C(=O)c2ccccn2)sc1-c1ccccc1. The molecule has 4 heteroatoms. The van der Waals surface area contributed by atoms with E-state index in [0.29, 0.717) is 10.6 Å². The van der Waals surface area contributed by atoms with Gasteiger partial charge in [-0.2, -0.15) is 5.26 Å². The van der Waals surface area contributed by atoms with E-state index < -0.39 is 0 Å². The van der Waals surface area contributed by atoms with Crippen LogP contribution in [0.3, 0.4) is 0 Å². The molecule has 22 heavy (non-hydrogen) atoms. The van der Waals surface area contributed by atoms with E-state index in [2.05, 4.69) is 11.1 Å². The fourth-order valence-corrected chi connectivity index (χ4v) is 3.35. The molecule has 3 aromatic rings. The monoisotopic (exact) mass is 304 g/mol. The Morgan fingerprint density at radius 1 is 1.14 bits per heavy atom. The smallest absolute Gasteiger partial charge is 0.221 e. The number of nitrogens with zero attached hydrogens (tertiary/aromatic N) is 2. The molecule has 1 aromatic carbocycles. The molecular weight excluding hydrogens is 292 g/mol. The molecule has 0 aliphatic rings. The summed E-state index contributed by atoms with van der Waals surface area (Å²) in [6.45, 7) is 0. The summed E-state index contributed by atoms with van der Waals surface area (Å²) in [6.07, 6.45) is 1.89. The second-order valence-corrected chi connectivity index (χ2v) is 5.76. The van der Waals surface area contributed by atoms with Crippen LogP contribution in [0.4, 0.5) is 0 Å². The number of benzene rings is 1. The van der Waals surface area contributed by atoms with Crippen LogP contribution in [0, 0.1) is 11.3 Å². The Hall–Kier alpha value is -2.77. The predicted octanol–water partition coefficient (Wildman–Crippen LogP) is 4.11. The van der Waals surface area contributed by atoms with Gasteiger partial charge in [-0.1, -0.05) is 36.4 Å². The van der Waals surface area contributed by atoms with Crippen molar-refractivity contribution in [1.82, 2.24) is 4.98 Å². The van der Waals surface area contributed by atoms with Gasteiger partial charge in [0.2, 0.25) is 5.78 Å². The van der Waals surface area contributed by atoms with Gasteiger partial charge in [-0.3, -0.25) is 9.78 Å². The van der Waals surface area contributed by atoms with Gasteiger partial charge in [0.25, 0.3) is 0 Å². The van der Waals surface area contributed by atoms with Crippen molar-refractivity contribution in [1.29, 1.82) is 5.26 Å². The lowest BCUT2D eigenvalue weighted by molar-refractivity contribution is 0.103. The first-order valence-electron chi connectivity index (χ1n) is 6.80. The molecule has 0 aliphatic heterocycles. The maximum atomic E-state index is 12.5. The number of aromatic nitrogens is 1. The summed E-state index contributed by atoms with van der Waals surface area (Å²) in [5.74, 6) is -0.105. The van der Waals surface area contributed by atoms with Crippen molar-refractivity contribution >= 4 is 17.1 Å². The number of carbonyl (C=O) groups excluding carboxylic acids is 1. The standard InChI is InChI=1S/C18H12N2OS/c19-10-9-14-12-16(17(21)15-8-4-5-11-20-15)22-18(14)13-6-2-1-3-7-13/h1-8,11-12H,9H2. The third kappa shape index (κ3) is 2.80. The molecule has 0 bridgehead atoms. The second-order valence-electron chi connectivity index (χ2n) is 4.71. The van der Waals surface area contributed by atoms with E-state index in [-0.39, 0.29) is 12.2 Å². The summed E-state index contributed by atoms with van der Waals surface area (Å²) in [4.78, 5) is 18.2. The fourth-order valence-electron chi connectivity index (χ4n) is 2.21. The van der Waals surface area contributed by atoms with E-state index in [4.69, 9.17) is 5.26 Å². The van der Waals surface area contributed by atoms with Gasteiger partial charge in [-0.15, -0.1) is 11.3 Å². The summed E-state index contributed by atoms with van der Waals surface area (Å²) in [5, 5.41) is 9.01. The van der Waals surface area contributed by atoms with Crippen LogP contribution in [-0.2, 0) is 6.42 Å². The number of thiophene rings is 1. The molecule has 0 unspecified atom stereocenters. The highest BCUT2D eigenvalue weighted by molar-refractivity contribution is 7.17. The topological polar surface area (TPSA) is 53.8 Å². The van der Waals surface area contributed by atoms with Gasteiger partial charge in [0.1, 0.15) is 5.69 Å². The molecule has 3 nitrogen and oxygen atoms in total. The summed E-state index contributed by atoms with van der Waals surface area (Å²) in [7, 11) is 0. The third-order valence-electron chi connectivity index (χ3n) is 3.24. The lowest BCUT2D eigenvalue weighted by atomic mass is 10.1. The van der Waals surface area contributed by atoms with Gasteiger partial charge in [-0.05, 0) is 29.3 Å². The number of rotatable bonds is 4. The second kappa shape index (κ2) is 6.33. The van der Waals surface area contributed by atoms with Crippen molar-refractivity contribution in [2.75, 3.05) is 0 Å². The Kier molecular flexibility index (Phi) is 4.08. The maximum Gasteiger partial charge on any atom is 0.221 e. The Morgan fingerprint density at radius 2 is 1.91 bits per heavy atom. The van der Waals surface area contributed by atoms with E-state index in [1.165, 1.54) is 11.3 Å². The van der Waals surface area contributed by atoms with Crippen molar-refractivity contribution in [3.8, 4) is 16.5 Å². The highest BCUT2D eigenvalue weighted by Crippen LogP contribution is 2.34. The Balaban J connectivity index is 2.04. The predicted molar refractivity (Wildman–Crippen MR) is 86.7 cm³/mol. The summed E-state index contributed by atoms with van der Waals surface area (Å²) in [5.41, 5.74) is 2.34. The van der Waals surface area contributed by atoms with Gasteiger partial charge in [0.05, 0.1) is 17.4 Å². The van der Waals surface area contributed by atoms with E-state index in [1.807, 2.05) is 36.4 Å². The zero-order chi connectivity index (χ0) is 15.4. The van der Waals surface area contributed by atoms with Crippen molar-refractivity contribution in [3.63, 3.8) is 0 Å². The molecule has 106 valence electrons. The van der Waals surface area contributed by atoms with Crippen LogP contribution in [0.1, 0.15) is 20.9 Å². The van der Waals surface area contributed by atoms with Gasteiger partial charge in [0, 0.05) is 11.1 Å². The van der Waals surface area contributed by atoms with E-state index >= 15 is 0 Å². The molecule has 2 heterocycles. The fraction of sp³-hybridized carbons (Fsp3) is 0.0556. The summed E-state index contributed by atoms with van der Waals surface area (Å²) < 4.78 is 0. The highest BCUT2D eigenvalue weighted by atomic mass is 32.1. The molecule has 0 N–H and O–H groups in total. The molecule has 0 atom stereocenters. The molecule has 3 rings (SSSR count). The largest absolute Gasteiger partial charge is 0.286 e. The molecule has 0 saturated carbocycles. The molecule has 0 aliphatic carbocycles. The van der Waals surface area contributed by atoms with Gasteiger partial charge in [-0.25, -0.2) is 0 Å². The van der Waals surface area contributed by atoms with Gasteiger partial charge in [0.15, 0.2) is 0 Å². The number of hydrogen-bond acceptors (Lipinski definition) is 4. The van der Waals surface area contributed by atoms with Crippen LogP contribution in [0.2, 0.25) is 0 Å². The number of ketones is 1. The molecule has 0 fully saturated rings. The average molecular weight is 304 g/mol. The van der Waals surface area contributed by atoms with Crippen LogP contribution in [0.5, 0.6) is 0 Å². The minimum atomic E-state index is -0.105. The quantitative estimate of drug-likeness (QED) is 0.682. The van der Waals surface area contributed by atoms with Gasteiger partial charge >= 0.3 is 0 Å². The van der Waals surface area contributed by atoms with Crippen LogP contribution in [-0.4, -0.2) is 10.8 Å². The van der Waals surface area contributed by atoms with Crippen LogP contribution in [0.15, 0.2) is 60.8 Å². The van der Waals surface area contributed by atoms with Crippen molar-refractivity contribution in [2.45, 2.75) is 6.42 Å². The van der Waals surface area contributed by atoms with Crippen molar-refractivity contribution < 1.29 is 4.79 Å². The van der Waals surface area contributed by atoms with E-state index in [1.54, 1.807) is 24.4 Å². The Labute approximate surface area is 132 Å². The third-order valence-corrected chi connectivity index (χ3v) is 4.46. The Morgan fingerprint density at radius 3 is 2.59 bits per heavy atom. The number of pyridine rings is 1. The number of nitriles is 1. The molecule has 2 aromatic heterocycles. The summed E-state index contributed by atoms with van der Waals surface area (Å²) in [6, 6.07) is 19.1. The van der Waals surface area contributed by atoms with Crippen LogP contribution in [0.25, 0.3) is 10.4 Å². The van der Waals surface area contributed by atoms with Crippen molar-refractivity contribution in [2.24, 2.45) is 0 Å². The molecule has 0 spiro atoms. The van der Waals surface area contributed by atoms with E-state index in [9.17, 15) is 4.79 Å². The maximum absolute atomic E-state index is 12.5. The molecular formula is C18H12N2OS. The minimum Gasteiger partial charge on any atom is -0.286 e. The van der Waals surface area contributed by atoms with Crippen LogP contribution < -0.4 is 0 Å². The average Bonchev–Trinajstić information content (AvgIpc) is 3.00. The highest BCUT2D eigenvalue weighted by Gasteiger charge is 2.17. The first-order chi connectivity index (χ1) is 10.8. The Bertz CT molecular complexity index is 833. The molecule has 0 amide bonds. The normalized spacial score (nSPS) is 10.1. The lowest BCUT2D eigenvalue weighted by Gasteiger charge is -1.99. The minimum absolute atomic E-state index is 0.105. The lowest BCUT2D eigenvalue weighted by Crippen LogP contribution is -2.00. The van der Waals surface area contributed by atoms with Crippen LogP contribution >= 0.6 is 11.3 Å². The van der Waals surface area contributed by atoms with Gasteiger partial charge < -0.3 is 0 Å².